The maximum atomic E-state index is 14.7. The molecule has 8 atom stereocenters. The standard InChI is InChI=1S/C41H69ClN8O9/c1-15-25(7)35(43-11)40(56)50(14)33(20-29(16-2)19-26(8)42)39(55)49(13)32(18-24(5)6)37(53)45-30(21-58-22-34-46-41(57)59-47-34)38(54)48(12)31(17-23(3)4)36(52)44-27(9)28(10)51/h16,19,23-25,27-28,30-33,35,43,51H,2,8,15,17-18,20-22H2,1,3-7,9-14H3,(H,44,52)(H,45,53)(H,46,47,57)/b29-19+/t25?,27?,28?,30?,31-,32?,33-,35-/m0/s1. The van der Waals surface area contributed by atoms with Gasteiger partial charge in [0.05, 0.1) is 24.8 Å². The van der Waals surface area contributed by atoms with E-state index >= 15 is 0 Å². The Kier molecular flexibility index (Phi) is 22.6. The number of carbonyl (C=O) groups is 5. The summed E-state index contributed by atoms with van der Waals surface area (Å²) in [7, 11) is 6.12. The minimum Gasteiger partial charge on any atom is -0.391 e. The molecular formula is C41H69ClN8O9. The summed E-state index contributed by atoms with van der Waals surface area (Å²) in [6.07, 6.45) is 3.34. The first-order valence-electron chi connectivity index (χ1n) is 20.1. The highest BCUT2D eigenvalue weighted by molar-refractivity contribution is 6.30. The Bertz CT molecular complexity index is 1660. The number of nitrogens with one attached hydrogen (secondary N) is 4. The number of nitrogens with zero attached hydrogens (tertiary/aromatic N) is 4. The van der Waals surface area contributed by atoms with Crippen molar-refractivity contribution in [3.8, 4) is 0 Å². The average molecular weight is 854 g/mol. The Balaban J connectivity index is 3.72. The minimum atomic E-state index is -1.39. The number of rotatable bonds is 26. The third-order valence-corrected chi connectivity index (χ3v) is 10.4. The molecule has 1 aromatic rings. The molecule has 0 saturated heterocycles. The highest BCUT2D eigenvalue weighted by atomic mass is 35.5. The summed E-state index contributed by atoms with van der Waals surface area (Å²) in [4.78, 5) is 88.7. The van der Waals surface area contributed by atoms with Crippen LogP contribution in [-0.4, -0.2) is 137 Å². The van der Waals surface area contributed by atoms with E-state index in [1.807, 2.05) is 41.5 Å². The van der Waals surface area contributed by atoms with Gasteiger partial charge in [-0.25, -0.2) is 4.79 Å². The Morgan fingerprint density at radius 1 is 0.898 bits per heavy atom. The number of aromatic nitrogens is 2. The second-order valence-electron chi connectivity index (χ2n) is 16.0. The van der Waals surface area contributed by atoms with Crippen LogP contribution in [0.5, 0.6) is 0 Å². The minimum absolute atomic E-state index is 0.00444. The SMILES string of the molecule is C=C/C(=C\C(=C)Cl)C[C@@H](C(=O)N(C)C(CC(C)C)C(=O)NC(COCc1noc(=O)[nH]1)C(=O)N(C)[C@@H](CC(C)C)C(=O)NC(C)C(C)O)N(C)C(=O)[C@@H](NC)C(C)CC. The van der Waals surface area contributed by atoms with Crippen LogP contribution < -0.4 is 21.7 Å². The van der Waals surface area contributed by atoms with Crippen molar-refractivity contribution >= 4 is 41.1 Å². The summed E-state index contributed by atoms with van der Waals surface area (Å²) in [6, 6.07) is -5.85. The molecule has 0 aliphatic carbocycles. The van der Waals surface area contributed by atoms with E-state index in [0.717, 1.165) is 0 Å². The summed E-state index contributed by atoms with van der Waals surface area (Å²) in [5.41, 5.74) is 0.535. The Morgan fingerprint density at radius 2 is 1.42 bits per heavy atom. The van der Waals surface area contributed by atoms with Gasteiger partial charge in [0.15, 0.2) is 5.82 Å². The maximum Gasteiger partial charge on any atom is 0.438 e. The molecule has 0 aliphatic rings. The van der Waals surface area contributed by atoms with Crippen LogP contribution in [0.3, 0.4) is 0 Å². The Labute approximate surface area is 354 Å². The van der Waals surface area contributed by atoms with E-state index in [-0.39, 0.29) is 60.4 Å². The van der Waals surface area contributed by atoms with Gasteiger partial charge in [-0.1, -0.05) is 84.0 Å². The largest absolute Gasteiger partial charge is 0.438 e. The molecule has 5 unspecified atom stereocenters. The fraction of sp³-hybridized carbons (Fsp3) is 0.683. The van der Waals surface area contributed by atoms with Crippen LogP contribution in [0.4, 0.5) is 0 Å². The molecule has 17 nitrogen and oxygen atoms in total. The second-order valence-corrected chi connectivity index (χ2v) is 16.5. The van der Waals surface area contributed by atoms with Crippen LogP contribution in [0.1, 0.15) is 86.9 Å². The third kappa shape index (κ3) is 16.7. The van der Waals surface area contributed by atoms with Crippen LogP contribution in [-0.2, 0) is 35.3 Å². The van der Waals surface area contributed by atoms with E-state index in [4.69, 9.17) is 16.3 Å². The normalized spacial score (nSPS) is 15.9. The zero-order valence-electron chi connectivity index (χ0n) is 37.0. The summed E-state index contributed by atoms with van der Waals surface area (Å²) < 4.78 is 10.3. The fourth-order valence-electron chi connectivity index (χ4n) is 6.32. The summed E-state index contributed by atoms with van der Waals surface area (Å²) >= 11 is 6.11. The lowest BCUT2D eigenvalue weighted by molar-refractivity contribution is -0.150. The summed E-state index contributed by atoms with van der Waals surface area (Å²) in [5, 5.41) is 22.4. The smallest absolute Gasteiger partial charge is 0.391 e. The van der Waals surface area contributed by atoms with Gasteiger partial charge >= 0.3 is 5.76 Å². The summed E-state index contributed by atoms with van der Waals surface area (Å²) in [6.45, 7) is 21.5. The molecule has 0 aliphatic heterocycles. The summed E-state index contributed by atoms with van der Waals surface area (Å²) in [5.74, 6) is -3.73. The number of halogens is 1. The van der Waals surface area contributed by atoms with Crippen molar-refractivity contribution in [2.24, 2.45) is 17.8 Å². The van der Waals surface area contributed by atoms with Crippen molar-refractivity contribution in [1.82, 2.24) is 40.8 Å². The molecule has 0 radical (unpaired) electrons. The van der Waals surface area contributed by atoms with Gasteiger partial charge in [0.2, 0.25) is 29.5 Å². The molecule has 1 heterocycles. The molecule has 5 N–H and O–H groups in total. The lowest BCUT2D eigenvalue weighted by Gasteiger charge is -2.37. The number of aromatic amines is 1. The van der Waals surface area contributed by atoms with E-state index in [1.54, 1.807) is 20.0 Å². The van der Waals surface area contributed by atoms with Gasteiger partial charge in [0, 0.05) is 32.6 Å². The van der Waals surface area contributed by atoms with Gasteiger partial charge < -0.3 is 40.5 Å². The van der Waals surface area contributed by atoms with Crippen LogP contribution >= 0.6 is 11.6 Å². The van der Waals surface area contributed by atoms with Crippen molar-refractivity contribution < 1.29 is 38.3 Å². The first kappa shape index (κ1) is 52.7. The van der Waals surface area contributed by atoms with E-state index < -0.39 is 78.3 Å². The van der Waals surface area contributed by atoms with E-state index in [9.17, 15) is 33.9 Å². The molecule has 1 rings (SSSR count). The molecule has 0 spiro atoms. The maximum absolute atomic E-state index is 14.7. The van der Waals surface area contributed by atoms with Crippen molar-refractivity contribution in [2.75, 3.05) is 34.8 Å². The highest BCUT2D eigenvalue weighted by Gasteiger charge is 2.40. The number of aliphatic hydroxyl groups is 1. The lowest BCUT2D eigenvalue weighted by Crippen LogP contribution is -2.61. The van der Waals surface area contributed by atoms with Crippen molar-refractivity contribution in [3.63, 3.8) is 0 Å². The van der Waals surface area contributed by atoms with Gasteiger partial charge in [-0.05, 0) is 63.1 Å². The predicted molar refractivity (Wildman–Crippen MR) is 227 cm³/mol. The number of H-pyrrole nitrogens is 1. The molecule has 334 valence electrons. The zero-order chi connectivity index (χ0) is 45.3. The van der Waals surface area contributed by atoms with Gasteiger partial charge in [-0.2, -0.15) is 0 Å². The molecule has 5 amide bonds. The van der Waals surface area contributed by atoms with Crippen molar-refractivity contribution in [1.29, 1.82) is 0 Å². The number of hydrogen-bond acceptors (Lipinski definition) is 11. The lowest BCUT2D eigenvalue weighted by atomic mass is 9.95. The second kappa shape index (κ2) is 25.3. The number of aliphatic hydroxyl groups excluding tert-OH is 1. The Hall–Kier alpha value is -4.32. The molecule has 0 aromatic carbocycles. The van der Waals surface area contributed by atoms with Gasteiger partial charge in [-0.15, -0.1) is 0 Å². The predicted octanol–water partition coefficient (Wildman–Crippen LogP) is 2.71. The zero-order valence-corrected chi connectivity index (χ0v) is 37.7. The number of carbonyl (C=O) groups excluding carboxylic acids is 5. The van der Waals surface area contributed by atoms with E-state index in [1.165, 1.54) is 48.8 Å². The first-order chi connectivity index (χ1) is 27.5. The van der Waals surface area contributed by atoms with Crippen LogP contribution in [0, 0.1) is 17.8 Å². The van der Waals surface area contributed by atoms with Gasteiger partial charge in [-0.3, -0.25) is 33.5 Å². The van der Waals surface area contributed by atoms with E-state index in [2.05, 4.69) is 43.8 Å². The molecule has 0 bridgehead atoms. The van der Waals surface area contributed by atoms with Crippen LogP contribution in [0.2, 0.25) is 0 Å². The number of hydrogen-bond donors (Lipinski definition) is 5. The molecule has 0 fully saturated rings. The third-order valence-electron chi connectivity index (χ3n) is 10.3. The quantitative estimate of drug-likeness (QED) is 0.0854. The Morgan fingerprint density at radius 3 is 1.86 bits per heavy atom. The fourth-order valence-corrected chi connectivity index (χ4v) is 6.46. The number of ether oxygens (including phenoxy) is 1. The number of likely N-dealkylation sites (N-methyl/N-ethyl adjacent to an activating group) is 4. The number of amides is 5. The molecule has 59 heavy (non-hydrogen) atoms. The number of allylic oxidation sites excluding steroid dienone is 3. The molecular weight excluding hydrogens is 784 g/mol. The van der Waals surface area contributed by atoms with Gasteiger partial charge in [0.1, 0.15) is 30.8 Å². The molecule has 18 heteroatoms. The van der Waals surface area contributed by atoms with Crippen molar-refractivity contribution in [2.45, 2.75) is 130 Å². The average Bonchev–Trinajstić information content (AvgIpc) is 3.59. The first-order valence-corrected chi connectivity index (χ1v) is 20.4. The van der Waals surface area contributed by atoms with Crippen molar-refractivity contribution in [3.05, 3.63) is 52.3 Å². The van der Waals surface area contributed by atoms with Crippen LogP contribution in [0.15, 0.2) is 45.2 Å². The topological polar surface area (TPSA) is 220 Å². The molecule has 0 saturated carbocycles. The van der Waals surface area contributed by atoms with Gasteiger partial charge in [0.25, 0.3) is 0 Å². The molecule has 1 aromatic heterocycles. The van der Waals surface area contributed by atoms with Crippen LogP contribution in [0.25, 0.3) is 0 Å². The highest BCUT2D eigenvalue weighted by Crippen LogP contribution is 2.22. The monoisotopic (exact) mass is 852 g/mol. The van der Waals surface area contributed by atoms with E-state index in [0.29, 0.717) is 12.0 Å².